The summed E-state index contributed by atoms with van der Waals surface area (Å²) in [6.45, 7) is 8.46. The Morgan fingerprint density at radius 1 is 0.717 bits per heavy atom. The van der Waals surface area contributed by atoms with Crippen LogP contribution in [0.1, 0.15) is 45.2 Å². The molecule has 8 rings (SSSR count). The van der Waals surface area contributed by atoms with E-state index < -0.39 is 0 Å². The molecule has 1 fully saturated rings. The number of benzene rings is 3. The van der Waals surface area contributed by atoms with Crippen molar-refractivity contribution in [2.75, 3.05) is 7.05 Å². The van der Waals surface area contributed by atoms with Crippen LogP contribution in [0.25, 0.3) is 32.7 Å². The van der Waals surface area contributed by atoms with Gasteiger partial charge in [0.15, 0.2) is 0 Å². The van der Waals surface area contributed by atoms with Gasteiger partial charge in [0.1, 0.15) is 0 Å². The quantitative estimate of drug-likeness (QED) is 0.220. The lowest BCUT2D eigenvalue weighted by atomic mass is 9.75. The highest BCUT2D eigenvalue weighted by Gasteiger charge is 2.54. The molecule has 228 valence electrons. The topological polar surface area (TPSA) is 21.7 Å². The summed E-state index contributed by atoms with van der Waals surface area (Å²) < 4.78 is 12.9. The molecule has 0 radical (unpaired) electrons. The van der Waals surface area contributed by atoms with Crippen LogP contribution in [0.5, 0.6) is 0 Å². The van der Waals surface area contributed by atoms with Crippen molar-refractivity contribution in [3.8, 4) is 0 Å². The van der Waals surface area contributed by atoms with Gasteiger partial charge in [0.05, 0.1) is 17.1 Å². The van der Waals surface area contributed by atoms with Gasteiger partial charge in [-0.3, -0.25) is 0 Å². The molecule has 2 aliphatic heterocycles. The van der Waals surface area contributed by atoms with Gasteiger partial charge in [0.25, 0.3) is 0 Å². The Kier molecular flexibility index (Phi) is 6.86. The minimum Gasteiger partial charge on any atom is -0.402 e. The summed E-state index contributed by atoms with van der Waals surface area (Å²) in [6.07, 6.45) is 30.4. The molecule has 0 aromatic heterocycles. The first-order chi connectivity index (χ1) is 22.2. The molecule has 2 heterocycles. The maximum atomic E-state index is 6.46. The third kappa shape index (κ3) is 4.66. The summed E-state index contributed by atoms with van der Waals surface area (Å²) in [5.41, 5.74) is 8.32. The average molecular weight is 602 g/mol. The highest BCUT2D eigenvalue weighted by atomic mass is 16.7. The van der Waals surface area contributed by atoms with Crippen LogP contribution >= 0.6 is 0 Å². The molecule has 3 aliphatic carbocycles. The smallest absolute Gasteiger partial charge is 0.402 e. The molecule has 1 saturated heterocycles. The van der Waals surface area contributed by atoms with Crippen LogP contribution < -0.4 is 0 Å². The zero-order valence-corrected chi connectivity index (χ0v) is 27.3. The number of fused-ring (bicyclic) bond motifs is 4. The Morgan fingerprint density at radius 2 is 1.35 bits per heavy atom. The van der Waals surface area contributed by atoms with E-state index >= 15 is 0 Å². The van der Waals surface area contributed by atoms with Crippen molar-refractivity contribution >= 4 is 39.8 Å². The molecular formula is C42H40BNO2. The lowest BCUT2D eigenvalue weighted by molar-refractivity contribution is 0.00578. The van der Waals surface area contributed by atoms with Crippen molar-refractivity contribution in [1.29, 1.82) is 0 Å². The zero-order chi connectivity index (χ0) is 31.6. The second-order valence-corrected chi connectivity index (χ2v) is 14.0. The Morgan fingerprint density at radius 3 is 2.00 bits per heavy atom. The van der Waals surface area contributed by atoms with E-state index in [2.05, 4.69) is 167 Å². The minimum absolute atomic E-state index is 0.0155. The molecule has 3 nitrogen and oxygen atoms in total. The van der Waals surface area contributed by atoms with Gasteiger partial charge in [-0.15, -0.1) is 0 Å². The maximum absolute atomic E-state index is 6.46. The van der Waals surface area contributed by atoms with E-state index in [1.54, 1.807) is 0 Å². The van der Waals surface area contributed by atoms with Crippen LogP contribution in [0.3, 0.4) is 0 Å². The van der Waals surface area contributed by atoms with Crippen LogP contribution in [-0.2, 0) is 9.31 Å². The van der Waals surface area contributed by atoms with Crippen LogP contribution in [0.2, 0.25) is 0 Å². The predicted molar refractivity (Wildman–Crippen MR) is 194 cm³/mol. The van der Waals surface area contributed by atoms with Gasteiger partial charge >= 0.3 is 7.12 Å². The van der Waals surface area contributed by atoms with E-state index in [-0.39, 0.29) is 30.2 Å². The monoisotopic (exact) mass is 601 g/mol. The van der Waals surface area contributed by atoms with Crippen LogP contribution in [0, 0.1) is 5.92 Å². The predicted octanol–water partition coefficient (Wildman–Crippen LogP) is 9.71. The van der Waals surface area contributed by atoms with Crippen molar-refractivity contribution in [3.05, 3.63) is 155 Å². The molecule has 2 atom stereocenters. The van der Waals surface area contributed by atoms with E-state index in [9.17, 15) is 0 Å². The maximum Gasteiger partial charge on any atom is 0.486 e. The standard InChI is InChI=1S/C42H40BNO2/c1-41(2)42(3,4)46-43(45-41)38-24-23-31(27-44(38)5)39-33-19-11-13-21-35(33)40(36-22-14-12-20-34(36)39)37-26-29-16-10-9-15-28(29)25-30-17-7-6-8-18-32(30)37/h6-17,19-28,38H,18H2,1-5H3. The molecule has 4 heteroatoms. The van der Waals surface area contributed by atoms with E-state index in [4.69, 9.17) is 9.31 Å². The van der Waals surface area contributed by atoms with Crippen LogP contribution in [-0.4, -0.2) is 36.2 Å². The molecule has 0 bridgehead atoms. The first-order valence-corrected chi connectivity index (χ1v) is 16.5. The van der Waals surface area contributed by atoms with Crippen LogP contribution in [0.15, 0.2) is 144 Å². The first kappa shape index (κ1) is 29.1. The van der Waals surface area contributed by atoms with Gasteiger partial charge in [-0.2, -0.15) is 0 Å². The molecule has 0 amide bonds. The van der Waals surface area contributed by atoms with Crippen LogP contribution in [0.4, 0.5) is 0 Å². The fraction of sp³-hybridized carbons (Fsp3) is 0.238. The first-order valence-electron chi connectivity index (χ1n) is 16.5. The second-order valence-electron chi connectivity index (χ2n) is 14.0. The Bertz CT molecular complexity index is 1990. The van der Waals surface area contributed by atoms with Crippen molar-refractivity contribution in [2.24, 2.45) is 5.92 Å². The fourth-order valence-corrected chi connectivity index (χ4v) is 7.48. The molecule has 2 unspecified atom stereocenters. The lowest BCUT2D eigenvalue weighted by Crippen LogP contribution is -2.44. The largest absolute Gasteiger partial charge is 0.486 e. The molecule has 0 N–H and O–H groups in total. The molecule has 5 aliphatic rings. The lowest BCUT2D eigenvalue weighted by Gasteiger charge is -2.32. The normalized spacial score (nSPS) is 24.5. The SMILES string of the molecule is CN1C=C(c2c3ccccc3c(C3=C4CC=CC=CC4=CC4C=CC=CC4=C3)c3ccccc23)C=CC1B1OC(C)(C)C(C)(C)O1. The summed E-state index contributed by atoms with van der Waals surface area (Å²) in [6, 6.07) is 17.9. The number of allylic oxidation sites excluding steroid dienone is 16. The number of hydrogen-bond donors (Lipinski definition) is 0. The molecule has 46 heavy (non-hydrogen) atoms. The minimum atomic E-state index is -0.372. The molecule has 3 aromatic carbocycles. The van der Waals surface area contributed by atoms with Crippen molar-refractivity contribution < 1.29 is 9.31 Å². The van der Waals surface area contributed by atoms with Crippen molar-refractivity contribution in [3.63, 3.8) is 0 Å². The van der Waals surface area contributed by atoms with Gasteiger partial charge in [0, 0.05) is 19.2 Å². The third-order valence-corrected chi connectivity index (χ3v) is 10.6. The van der Waals surface area contributed by atoms with E-state index in [0.29, 0.717) is 0 Å². The fourth-order valence-electron chi connectivity index (χ4n) is 7.48. The van der Waals surface area contributed by atoms with Crippen molar-refractivity contribution in [1.82, 2.24) is 4.90 Å². The molecular weight excluding hydrogens is 561 g/mol. The molecule has 0 spiro atoms. The van der Waals surface area contributed by atoms with Crippen molar-refractivity contribution in [2.45, 2.75) is 51.3 Å². The molecule has 3 aromatic rings. The summed E-state index contributed by atoms with van der Waals surface area (Å²) >= 11 is 0. The summed E-state index contributed by atoms with van der Waals surface area (Å²) in [7, 11) is 1.79. The number of hydrogen-bond acceptors (Lipinski definition) is 3. The highest BCUT2D eigenvalue weighted by molar-refractivity contribution is 6.48. The summed E-state index contributed by atoms with van der Waals surface area (Å²) in [5, 5.41) is 5.05. The summed E-state index contributed by atoms with van der Waals surface area (Å²) in [4.78, 5) is 2.25. The number of likely N-dealkylation sites (N-methyl/N-ethyl adjacent to an activating group) is 1. The van der Waals surface area contributed by atoms with Gasteiger partial charge in [-0.05, 0) is 101 Å². The highest BCUT2D eigenvalue weighted by Crippen LogP contribution is 2.46. The zero-order valence-electron chi connectivity index (χ0n) is 27.3. The Labute approximate surface area is 273 Å². The third-order valence-electron chi connectivity index (χ3n) is 10.6. The second kappa shape index (κ2) is 10.9. The molecule has 0 saturated carbocycles. The van der Waals surface area contributed by atoms with Gasteiger partial charge in [-0.1, -0.05) is 115 Å². The van der Waals surface area contributed by atoms with Gasteiger partial charge in [0.2, 0.25) is 0 Å². The Balaban J connectivity index is 1.32. The van der Waals surface area contributed by atoms with E-state index in [0.717, 1.165) is 6.42 Å². The Hall–Kier alpha value is -4.38. The number of nitrogens with zero attached hydrogens (tertiary/aromatic N) is 1. The summed E-state index contributed by atoms with van der Waals surface area (Å²) in [5.74, 6) is 0.246. The number of rotatable bonds is 3. The van der Waals surface area contributed by atoms with Gasteiger partial charge in [-0.25, -0.2) is 0 Å². The van der Waals surface area contributed by atoms with E-state index in [1.165, 1.54) is 60.5 Å². The average Bonchev–Trinajstić information content (AvgIpc) is 3.21. The van der Waals surface area contributed by atoms with Gasteiger partial charge < -0.3 is 14.2 Å². The van der Waals surface area contributed by atoms with E-state index in [1.807, 2.05) is 0 Å².